The molecule has 2 aromatic carbocycles. The quantitative estimate of drug-likeness (QED) is 0.572. The molecule has 3 aromatic rings. The smallest absolute Gasteiger partial charge is 0.343 e. The van der Waals surface area contributed by atoms with Gasteiger partial charge < -0.3 is 10.2 Å². The highest BCUT2D eigenvalue weighted by Crippen LogP contribution is 2.18. The van der Waals surface area contributed by atoms with Gasteiger partial charge in [0.05, 0.1) is 22.4 Å². The third-order valence-corrected chi connectivity index (χ3v) is 5.17. The number of alkyl halides is 3. The minimum absolute atomic E-state index is 0.114. The lowest BCUT2D eigenvalue weighted by molar-refractivity contribution is -0.123. The van der Waals surface area contributed by atoms with Gasteiger partial charge >= 0.3 is 6.18 Å². The first-order valence-electron chi connectivity index (χ1n) is 10.6. The van der Waals surface area contributed by atoms with Crippen molar-refractivity contribution < 1.29 is 22.8 Å². The summed E-state index contributed by atoms with van der Waals surface area (Å²) in [5, 5.41) is 1.83. The summed E-state index contributed by atoms with van der Waals surface area (Å²) in [6.07, 6.45) is -2.92. The van der Waals surface area contributed by atoms with Gasteiger partial charge in [-0.05, 0) is 48.7 Å². The van der Waals surface area contributed by atoms with Crippen LogP contribution in [-0.4, -0.2) is 46.5 Å². The molecule has 9 heteroatoms. The molecule has 0 spiro atoms. The van der Waals surface area contributed by atoms with E-state index < -0.39 is 18.6 Å². The molecule has 174 valence electrons. The first-order valence-corrected chi connectivity index (χ1v) is 10.6. The number of amides is 2. The fourth-order valence-electron chi connectivity index (χ4n) is 3.44. The molecule has 0 bridgehead atoms. The fraction of sp³-hybridized carbons (Fsp3) is 0.333. The molecule has 3 rings (SSSR count). The fourth-order valence-corrected chi connectivity index (χ4v) is 3.44. The van der Waals surface area contributed by atoms with Crippen LogP contribution < -0.4 is 5.32 Å². The predicted molar refractivity (Wildman–Crippen MR) is 119 cm³/mol. The number of hydrogen-bond donors (Lipinski definition) is 1. The number of rotatable bonds is 7. The predicted octanol–water partition coefficient (Wildman–Crippen LogP) is 4.32. The zero-order chi connectivity index (χ0) is 24.2. The molecule has 0 aliphatic carbocycles. The van der Waals surface area contributed by atoms with Crippen LogP contribution in [-0.2, 0) is 19.4 Å². The largest absolute Gasteiger partial charge is 0.405 e. The molecular weight excluding hydrogens is 433 g/mol. The number of carbonyl (C=O) groups is 2. The van der Waals surface area contributed by atoms with E-state index in [1.54, 1.807) is 37.4 Å². The molecule has 1 N–H and O–H groups in total. The highest BCUT2D eigenvalue weighted by molar-refractivity contribution is 5.97. The van der Waals surface area contributed by atoms with Gasteiger partial charge in [0.25, 0.3) is 11.8 Å². The minimum atomic E-state index is -4.47. The molecule has 2 amide bonds. The maximum atomic E-state index is 12.9. The summed E-state index contributed by atoms with van der Waals surface area (Å²) in [6.45, 7) is 2.93. The Morgan fingerprint density at radius 2 is 1.48 bits per heavy atom. The topological polar surface area (TPSA) is 75.2 Å². The van der Waals surface area contributed by atoms with Crippen LogP contribution in [0, 0.1) is 0 Å². The lowest BCUT2D eigenvalue weighted by Crippen LogP contribution is -2.33. The highest BCUT2D eigenvalue weighted by atomic mass is 19.4. The molecule has 1 heterocycles. The summed E-state index contributed by atoms with van der Waals surface area (Å²) in [6, 6.07) is 11.3. The lowest BCUT2D eigenvalue weighted by atomic mass is 10.1. The van der Waals surface area contributed by atoms with Crippen LogP contribution in [0.3, 0.4) is 0 Å². The number of nitrogens with zero attached hydrogens (tertiary/aromatic N) is 3. The van der Waals surface area contributed by atoms with Gasteiger partial charge in [0.2, 0.25) is 0 Å². The van der Waals surface area contributed by atoms with Crippen molar-refractivity contribution >= 4 is 22.8 Å². The van der Waals surface area contributed by atoms with Gasteiger partial charge in [-0.15, -0.1) is 0 Å². The summed E-state index contributed by atoms with van der Waals surface area (Å²) in [4.78, 5) is 35.6. The second-order valence-corrected chi connectivity index (χ2v) is 7.68. The average Bonchev–Trinajstić information content (AvgIpc) is 2.80. The van der Waals surface area contributed by atoms with E-state index in [9.17, 15) is 22.8 Å². The van der Waals surface area contributed by atoms with Gasteiger partial charge in [-0.25, -0.2) is 9.97 Å². The van der Waals surface area contributed by atoms with E-state index in [4.69, 9.17) is 0 Å². The second-order valence-electron chi connectivity index (χ2n) is 7.68. The SMILES string of the molecule is CCc1nc2ccc(C(=O)N(C)Cc3ccc(C(=O)NCC(F)(F)F)cc3)cc2nc1CC. The van der Waals surface area contributed by atoms with Gasteiger partial charge in [-0.2, -0.15) is 13.2 Å². The van der Waals surface area contributed by atoms with E-state index in [0.29, 0.717) is 11.1 Å². The number of benzene rings is 2. The summed E-state index contributed by atoms with van der Waals surface area (Å²) in [5.74, 6) is -1.01. The Kier molecular flexibility index (Phi) is 7.30. The van der Waals surface area contributed by atoms with Crippen molar-refractivity contribution in [1.82, 2.24) is 20.2 Å². The maximum absolute atomic E-state index is 12.9. The van der Waals surface area contributed by atoms with E-state index in [-0.39, 0.29) is 18.0 Å². The number of carbonyl (C=O) groups excluding carboxylic acids is 2. The number of nitrogens with one attached hydrogen (secondary N) is 1. The minimum Gasteiger partial charge on any atom is -0.343 e. The molecule has 0 aliphatic heterocycles. The zero-order valence-corrected chi connectivity index (χ0v) is 18.7. The van der Waals surface area contributed by atoms with Crippen molar-refractivity contribution in [2.24, 2.45) is 0 Å². The zero-order valence-electron chi connectivity index (χ0n) is 18.7. The molecule has 0 fully saturated rings. The molecule has 6 nitrogen and oxygen atoms in total. The molecule has 33 heavy (non-hydrogen) atoms. The van der Waals surface area contributed by atoms with Gasteiger partial charge in [0.15, 0.2) is 0 Å². The molecule has 0 saturated carbocycles. The van der Waals surface area contributed by atoms with Crippen LogP contribution in [0.25, 0.3) is 11.0 Å². The van der Waals surface area contributed by atoms with Crippen LogP contribution in [0.4, 0.5) is 13.2 Å². The first-order chi connectivity index (χ1) is 15.6. The first kappa shape index (κ1) is 24.2. The molecule has 0 atom stereocenters. The Bertz CT molecular complexity index is 1160. The van der Waals surface area contributed by atoms with E-state index in [1.165, 1.54) is 17.0 Å². The van der Waals surface area contributed by atoms with Gasteiger partial charge in [0.1, 0.15) is 6.54 Å². The summed E-state index contributed by atoms with van der Waals surface area (Å²) in [5.41, 5.74) is 4.61. The van der Waals surface area contributed by atoms with Crippen LogP contribution in [0.15, 0.2) is 42.5 Å². The van der Waals surface area contributed by atoms with E-state index >= 15 is 0 Å². The van der Waals surface area contributed by atoms with Gasteiger partial charge in [-0.3, -0.25) is 9.59 Å². The Hall–Kier alpha value is -3.49. The van der Waals surface area contributed by atoms with E-state index in [1.807, 2.05) is 19.2 Å². The molecular formula is C24H25F3N4O2. The Labute approximate surface area is 189 Å². The van der Waals surface area contributed by atoms with Crippen LogP contribution in [0.2, 0.25) is 0 Å². The molecule has 0 saturated heterocycles. The summed E-state index contributed by atoms with van der Waals surface area (Å²) < 4.78 is 36.8. The Balaban J connectivity index is 1.70. The third-order valence-electron chi connectivity index (χ3n) is 5.17. The monoisotopic (exact) mass is 458 g/mol. The van der Waals surface area contributed by atoms with Crippen LogP contribution >= 0.6 is 0 Å². The second kappa shape index (κ2) is 9.97. The van der Waals surface area contributed by atoms with Crippen LogP contribution in [0.5, 0.6) is 0 Å². The van der Waals surface area contributed by atoms with Crippen molar-refractivity contribution in [3.05, 3.63) is 70.5 Å². The standard InChI is InChI=1S/C24H25F3N4O2/c1-4-18-19(5-2)30-21-12-17(10-11-20(21)29-18)23(33)31(3)13-15-6-8-16(9-7-15)22(32)28-14-24(25,26)27/h6-12H,4-5,13-14H2,1-3H3,(H,28,32). The number of aromatic nitrogens is 2. The van der Waals surface area contributed by atoms with Crippen molar-refractivity contribution in [2.45, 2.75) is 39.4 Å². The number of aryl methyl sites for hydroxylation is 2. The van der Waals surface area contributed by atoms with Crippen molar-refractivity contribution in [3.63, 3.8) is 0 Å². The van der Waals surface area contributed by atoms with Crippen molar-refractivity contribution in [3.8, 4) is 0 Å². The van der Waals surface area contributed by atoms with E-state index in [0.717, 1.165) is 35.3 Å². The normalized spacial score (nSPS) is 11.5. The highest BCUT2D eigenvalue weighted by Gasteiger charge is 2.27. The lowest BCUT2D eigenvalue weighted by Gasteiger charge is -2.18. The van der Waals surface area contributed by atoms with Gasteiger partial charge in [0, 0.05) is 24.7 Å². The van der Waals surface area contributed by atoms with E-state index in [2.05, 4.69) is 9.97 Å². The molecule has 0 aliphatic rings. The average molecular weight is 458 g/mol. The van der Waals surface area contributed by atoms with Gasteiger partial charge in [-0.1, -0.05) is 26.0 Å². The Morgan fingerprint density at radius 1 is 0.909 bits per heavy atom. The number of halogens is 3. The summed E-state index contributed by atoms with van der Waals surface area (Å²) in [7, 11) is 1.65. The third kappa shape index (κ3) is 6.06. The van der Waals surface area contributed by atoms with Crippen molar-refractivity contribution in [1.29, 1.82) is 0 Å². The molecule has 0 unspecified atom stereocenters. The number of fused-ring (bicyclic) bond motifs is 1. The Morgan fingerprint density at radius 3 is 2.06 bits per heavy atom. The van der Waals surface area contributed by atoms with Crippen LogP contribution in [0.1, 0.15) is 51.5 Å². The number of hydrogen-bond acceptors (Lipinski definition) is 4. The van der Waals surface area contributed by atoms with Crippen molar-refractivity contribution in [2.75, 3.05) is 13.6 Å². The summed E-state index contributed by atoms with van der Waals surface area (Å²) >= 11 is 0. The molecule has 1 aromatic heterocycles. The molecule has 0 radical (unpaired) electrons. The maximum Gasteiger partial charge on any atom is 0.405 e.